The Morgan fingerprint density at radius 1 is 0.667 bits per heavy atom. The lowest BCUT2D eigenvalue weighted by atomic mass is 10.3. The molecule has 0 saturated carbocycles. The van der Waals surface area contributed by atoms with Gasteiger partial charge in [-0.05, 0) is 42.5 Å². The Balaban J connectivity index is 0.00000210. The third kappa shape index (κ3) is 3.69. The topological polar surface area (TPSA) is 17.8 Å². The van der Waals surface area contributed by atoms with Crippen molar-refractivity contribution in [2.45, 2.75) is 6.16 Å². The van der Waals surface area contributed by atoms with Crippen molar-refractivity contribution in [2.24, 2.45) is 7.05 Å². The molecule has 4 rings (SSSR count). The Hall–Kier alpha value is -2.41. The van der Waals surface area contributed by atoms with Crippen LogP contribution in [0.4, 0.5) is 0 Å². The molecule has 4 heteroatoms. The summed E-state index contributed by atoms with van der Waals surface area (Å²) in [6.07, 6.45) is 2.85. The fraction of sp³-hybridized carbons (Fsp3) is 0.0870. The number of halogens is 1. The highest BCUT2D eigenvalue weighted by Crippen LogP contribution is 2.57. The molecule has 0 aliphatic carbocycles. The van der Waals surface area contributed by atoms with E-state index in [1.54, 1.807) is 0 Å². The lowest BCUT2D eigenvalue weighted by Gasteiger charge is -2.27. The van der Waals surface area contributed by atoms with Gasteiger partial charge in [0.1, 0.15) is 29.3 Å². The number of hydrogen-bond donors (Lipinski definition) is 0. The summed E-state index contributed by atoms with van der Waals surface area (Å²) < 4.78 is 2.00. The predicted octanol–water partition coefficient (Wildman–Crippen LogP) is 0.918. The largest absolute Gasteiger partial charge is 1.00 e. The third-order valence-electron chi connectivity index (χ3n) is 4.91. The molecule has 0 aliphatic heterocycles. The van der Waals surface area contributed by atoms with Gasteiger partial charge in [-0.15, -0.1) is 0 Å². The number of nitrogens with zero attached hydrogens (tertiary/aromatic N) is 2. The van der Waals surface area contributed by atoms with Gasteiger partial charge in [0.25, 0.3) is 0 Å². The first kappa shape index (κ1) is 19.4. The van der Waals surface area contributed by atoms with Crippen molar-refractivity contribution in [1.82, 2.24) is 9.78 Å². The fourth-order valence-electron chi connectivity index (χ4n) is 3.57. The van der Waals surface area contributed by atoms with Crippen LogP contribution in [0.1, 0.15) is 5.69 Å². The molecule has 27 heavy (non-hydrogen) atoms. The predicted molar refractivity (Wildman–Crippen MR) is 112 cm³/mol. The van der Waals surface area contributed by atoms with E-state index in [0.29, 0.717) is 0 Å². The van der Waals surface area contributed by atoms with Crippen LogP contribution in [0.25, 0.3) is 0 Å². The average Bonchev–Trinajstić information content (AvgIpc) is 3.12. The van der Waals surface area contributed by atoms with E-state index < -0.39 is 7.26 Å². The van der Waals surface area contributed by atoms with Gasteiger partial charge >= 0.3 is 0 Å². The molecular formula is C23H22ClN2P. The van der Waals surface area contributed by atoms with Gasteiger partial charge in [0.05, 0.1) is 5.69 Å². The van der Waals surface area contributed by atoms with Gasteiger partial charge in [-0.1, -0.05) is 54.6 Å². The van der Waals surface area contributed by atoms with Gasteiger partial charge in [0.15, 0.2) is 0 Å². The van der Waals surface area contributed by atoms with Crippen molar-refractivity contribution in [2.75, 3.05) is 0 Å². The molecule has 0 aliphatic rings. The monoisotopic (exact) mass is 392 g/mol. The van der Waals surface area contributed by atoms with E-state index in [2.05, 4.69) is 102 Å². The van der Waals surface area contributed by atoms with Crippen LogP contribution in [-0.2, 0) is 13.2 Å². The van der Waals surface area contributed by atoms with Crippen LogP contribution >= 0.6 is 7.26 Å². The highest BCUT2D eigenvalue weighted by Gasteiger charge is 2.45. The van der Waals surface area contributed by atoms with E-state index in [1.807, 2.05) is 17.9 Å². The van der Waals surface area contributed by atoms with Gasteiger partial charge in [-0.3, -0.25) is 4.68 Å². The van der Waals surface area contributed by atoms with E-state index in [-0.39, 0.29) is 12.4 Å². The average molecular weight is 393 g/mol. The molecule has 0 saturated heterocycles. The number of aromatic nitrogens is 2. The second kappa shape index (κ2) is 8.52. The van der Waals surface area contributed by atoms with Crippen molar-refractivity contribution >= 4 is 23.2 Å². The third-order valence-corrected chi connectivity index (χ3v) is 9.25. The van der Waals surface area contributed by atoms with Crippen LogP contribution < -0.4 is 28.3 Å². The summed E-state index contributed by atoms with van der Waals surface area (Å²) in [6, 6.07) is 35.0. The Morgan fingerprint density at radius 3 is 1.41 bits per heavy atom. The first-order chi connectivity index (χ1) is 12.8. The normalized spacial score (nSPS) is 11.0. The quantitative estimate of drug-likeness (QED) is 0.462. The van der Waals surface area contributed by atoms with Gasteiger partial charge in [0, 0.05) is 13.2 Å². The standard InChI is InChI=1S/C23H22N2P.ClH/c1-25-20(17-18-24-25)19-26(21-11-5-2-6-12-21,22-13-7-3-8-14-22)23-15-9-4-10-16-23;/h2-18H,19H2,1H3;1H/q+1;/p-1. The Kier molecular flexibility index (Phi) is 6.11. The van der Waals surface area contributed by atoms with Crippen LogP contribution in [-0.4, -0.2) is 9.78 Å². The van der Waals surface area contributed by atoms with Crippen LogP contribution in [0.2, 0.25) is 0 Å². The molecule has 1 aromatic heterocycles. The second-order valence-corrected chi connectivity index (χ2v) is 9.91. The van der Waals surface area contributed by atoms with Crippen molar-refractivity contribution in [1.29, 1.82) is 0 Å². The van der Waals surface area contributed by atoms with Gasteiger partial charge in [-0.25, -0.2) is 0 Å². The number of rotatable bonds is 5. The summed E-state index contributed by atoms with van der Waals surface area (Å²) in [7, 11) is 0.203. The zero-order valence-corrected chi connectivity index (χ0v) is 16.9. The van der Waals surface area contributed by atoms with Crippen LogP contribution in [0, 0.1) is 0 Å². The van der Waals surface area contributed by atoms with Crippen molar-refractivity contribution in [3.63, 3.8) is 0 Å². The lowest BCUT2D eigenvalue weighted by Crippen LogP contribution is -3.00. The molecule has 0 fully saturated rings. The van der Waals surface area contributed by atoms with Crippen LogP contribution in [0.5, 0.6) is 0 Å². The molecule has 3 aromatic carbocycles. The highest BCUT2D eigenvalue weighted by atomic mass is 35.5. The Labute approximate surface area is 167 Å². The van der Waals surface area contributed by atoms with E-state index in [1.165, 1.54) is 21.6 Å². The molecule has 0 radical (unpaired) electrons. The first-order valence-electron chi connectivity index (χ1n) is 8.82. The molecule has 2 nitrogen and oxygen atoms in total. The smallest absolute Gasteiger partial charge is 0.118 e. The minimum atomic E-state index is -1.83. The second-order valence-electron chi connectivity index (χ2n) is 6.42. The summed E-state index contributed by atoms with van der Waals surface area (Å²) in [5, 5.41) is 8.62. The summed E-state index contributed by atoms with van der Waals surface area (Å²) in [5.74, 6) is 0. The zero-order chi connectivity index (χ0) is 17.8. The maximum Gasteiger partial charge on any atom is 0.118 e. The van der Waals surface area contributed by atoms with E-state index in [9.17, 15) is 0 Å². The maximum absolute atomic E-state index is 4.42. The number of aryl methyl sites for hydroxylation is 1. The molecule has 4 aromatic rings. The zero-order valence-electron chi connectivity index (χ0n) is 15.2. The van der Waals surface area contributed by atoms with Gasteiger partial charge < -0.3 is 12.4 Å². The van der Waals surface area contributed by atoms with E-state index in [0.717, 1.165) is 6.16 Å². The van der Waals surface area contributed by atoms with Crippen LogP contribution in [0.3, 0.4) is 0 Å². The first-order valence-corrected chi connectivity index (χ1v) is 10.8. The number of hydrogen-bond acceptors (Lipinski definition) is 1. The minimum absolute atomic E-state index is 0. The summed E-state index contributed by atoms with van der Waals surface area (Å²) in [5.41, 5.74) is 1.26. The minimum Gasteiger partial charge on any atom is -1.00 e. The number of benzene rings is 3. The lowest BCUT2D eigenvalue weighted by molar-refractivity contribution is -0.00000521. The molecule has 0 amide bonds. The molecule has 0 N–H and O–H groups in total. The summed E-state index contributed by atoms with van der Waals surface area (Å²) in [4.78, 5) is 0. The molecule has 0 spiro atoms. The molecule has 0 bridgehead atoms. The Bertz CT molecular complexity index is 872. The van der Waals surface area contributed by atoms with E-state index in [4.69, 9.17) is 0 Å². The molecule has 136 valence electrons. The van der Waals surface area contributed by atoms with Crippen molar-refractivity contribution in [3.8, 4) is 0 Å². The Morgan fingerprint density at radius 2 is 1.07 bits per heavy atom. The van der Waals surface area contributed by atoms with Gasteiger partial charge in [-0.2, -0.15) is 5.10 Å². The maximum atomic E-state index is 4.42. The molecule has 1 heterocycles. The van der Waals surface area contributed by atoms with Gasteiger partial charge in [0.2, 0.25) is 0 Å². The molecule has 0 atom stereocenters. The summed E-state index contributed by atoms with van der Waals surface area (Å²) in [6.45, 7) is 0. The molecular weight excluding hydrogens is 371 g/mol. The summed E-state index contributed by atoms with van der Waals surface area (Å²) >= 11 is 0. The highest BCUT2D eigenvalue weighted by molar-refractivity contribution is 7.95. The fourth-order valence-corrected chi connectivity index (χ4v) is 7.85. The molecule has 0 unspecified atom stereocenters. The van der Waals surface area contributed by atoms with Crippen molar-refractivity contribution < 1.29 is 12.4 Å². The SMILES string of the molecule is Cn1nccc1C[P+](c1ccccc1)(c1ccccc1)c1ccccc1.[Cl-]. The van der Waals surface area contributed by atoms with Crippen LogP contribution in [0.15, 0.2) is 103 Å². The van der Waals surface area contributed by atoms with E-state index >= 15 is 0 Å². The van der Waals surface area contributed by atoms with Crippen molar-refractivity contribution in [3.05, 3.63) is 109 Å².